The minimum absolute atomic E-state index is 0.00272. The van der Waals surface area contributed by atoms with Gasteiger partial charge in [-0.05, 0) is 57.0 Å². The third kappa shape index (κ3) is 4.79. The zero-order valence-electron chi connectivity index (χ0n) is 18.3. The summed E-state index contributed by atoms with van der Waals surface area (Å²) in [6.07, 6.45) is 0.812. The molecule has 0 unspecified atom stereocenters. The molecule has 33 heavy (non-hydrogen) atoms. The van der Waals surface area contributed by atoms with Gasteiger partial charge < -0.3 is 0 Å². The predicted octanol–water partition coefficient (Wildman–Crippen LogP) is 4.40. The predicted molar refractivity (Wildman–Crippen MR) is 127 cm³/mol. The topological polar surface area (TPSA) is 93.1 Å². The fourth-order valence-electron chi connectivity index (χ4n) is 3.60. The smallest absolute Gasteiger partial charge is 0.266 e. The second-order valence-corrected chi connectivity index (χ2v) is 11.3. The third-order valence-corrected chi connectivity index (χ3v) is 8.37. The summed E-state index contributed by atoms with van der Waals surface area (Å²) in [5.41, 5.74) is 3.22. The number of para-hydroxylation sites is 1. The van der Waals surface area contributed by atoms with Crippen LogP contribution in [-0.2, 0) is 24.4 Å². The lowest BCUT2D eigenvalue weighted by atomic mass is 10.1. The molecule has 0 atom stereocenters. The van der Waals surface area contributed by atoms with Gasteiger partial charge in [-0.25, -0.2) is 8.42 Å². The molecule has 0 aliphatic carbocycles. The number of oxime groups is 1. The molecule has 7 nitrogen and oxygen atoms in total. The quantitative estimate of drug-likeness (QED) is 0.501. The Morgan fingerprint density at radius 3 is 2.00 bits per heavy atom. The molecule has 0 radical (unpaired) electrons. The van der Waals surface area contributed by atoms with Crippen LogP contribution in [0, 0.1) is 13.8 Å². The molecule has 3 aromatic carbocycles. The van der Waals surface area contributed by atoms with Crippen molar-refractivity contribution in [1.29, 1.82) is 0 Å². The largest absolute Gasteiger partial charge is 0.358 e. The highest BCUT2D eigenvalue weighted by Gasteiger charge is 2.30. The molecule has 0 bridgehead atoms. The molecule has 1 heterocycles. The minimum Gasteiger partial charge on any atom is -0.266 e. The van der Waals surface area contributed by atoms with Crippen LogP contribution < -0.4 is 4.31 Å². The molecule has 9 heteroatoms. The van der Waals surface area contributed by atoms with Gasteiger partial charge in [0.2, 0.25) is 0 Å². The van der Waals surface area contributed by atoms with Crippen molar-refractivity contribution >= 4 is 31.5 Å². The van der Waals surface area contributed by atoms with Crippen LogP contribution in [0.25, 0.3) is 0 Å². The van der Waals surface area contributed by atoms with Crippen molar-refractivity contribution in [2.24, 2.45) is 5.16 Å². The molecule has 4 rings (SSSR count). The Labute approximate surface area is 194 Å². The van der Waals surface area contributed by atoms with E-state index in [-0.39, 0.29) is 16.3 Å². The van der Waals surface area contributed by atoms with Gasteiger partial charge in [0.1, 0.15) is 4.90 Å². The second-order valence-electron chi connectivity index (χ2n) is 7.89. The zero-order chi connectivity index (χ0) is 23.6. The van der Waals surface area contributed by atoms with Crippen LogP contribution in [-0.4, -0.2) is 29.1 Å². The highest BCUT2D eigenvalue weighted by molar-refractivity contribution is 7.92. The molecule has 3 aromatic rings. The van der Waals surface area contributed by atoms with Gasteiger partial charge in [0.25, 0.3) is 10.0 Å². The maximum atomic E-state index is 13.4. The Bertz CT molecular complexity index is 1400. The van der Waals surface area contributed by atoms with E-state index in [2.05, 4.69) is 5.16 Å². The first-order chi connectivity index (χ1) is 15.7. The molecule has 0 saturated carbocycles. The number of fused-ring (bicyclic) bond motifs is 1. The van der Waals surface area contributed by atoms with E-state index in [4.69, 9.17) is 4.28 Å². The van der Waals surface area contributed by atoms with Gasteiger partial charge in [-0.1, -0.05) is 58.7 Å². The number of hydrogen-bond donors (Lipinski definition) is 0. The summed E-state index contributed by atoms with van der Waals surface area (Å²) >= 11 is 0. The molecule has 0 aromatic heterocycles. The highest BCUT2D eigenvalue weighted by Crippen LogP contribution is 2.32. The van der Waals surface area contributed by atoms with Crippen LogP contribution in [0.15, 0.2) is 87.7 Å². The molecule has 1 aliphatic heterocycles. The fourth-order valence-corrected chi connectivity index (χ4v) is 5.87. The van der Waals surface area contributed by atoms with Crippen molar-refractivity contribution < 1.29 is 21.1 Å². The summed E-state index contributed by atoms with van der Waals surface area (Å²) in [4.78, 5) is 0.199. The van der Waals surface area contributed by atoms with Crippen molar-refractivity contribution in [3.63, 3.8) is 0 Å². The lowest BCUT2D eigenvalue weighted by molar-refractivity contribution is 0.338. The van der Waals surface area contributed by atoms with Gasteiger partial charge in [-0.15, -0.1) is 0 Å². The maximum Gasteiger partial charge on any atom is 0.358 e. The number of rotatable bonds is 5. The highest BCUT2D eigenvalue weighted by atomic mass is 32.2. The molecule has 0 saturated heterocycles. The van der Waals surface area contributed by atoms with Crippen LogP contribution in [0.2, 0.25) is 0 Å². The van der Waals surface area contributed by atoms with Crippen molar-refractivity contribution in [3.8, 4) is 0 Å². The Morgan fingerprint density at radius 1 is 0.788 bits per heavy atom. The van der Waals surface area contributed by atoms with E-state index in [1.54, 1.807) is 60.7 Å². The lowest BCUT2D eigenvalue weighted by Crippen LogP contribution is -2.31. The molecule has 172 valence electrons. The first-order valence-corrected chi connectivity index (χ1v) is 13.3. The summed E-state index contributed by atoms with van der Waals surface area (Å²) in [7, 11) is -7.91. The minimum atomic E-state index is -4.10. The van der Waals surface area contributed by atoms with E-state index < -0.39 is 20.1 Å². The number of nitrogens with zero attached hydrogens (tertiary/aromatic N) is 2. The van der Waals surface area contributed by atoms with Gasteiger partial charge in [0, 0.05) is 12.1 Å². The molecule has 0 spiro atoms. The lowest BCUT2D eigenvalue weighted by Gasteiger charge is -2.24. The molecular weight excluding hydrogens is 460 g/mol. The summed E-state index contributed by atoms with van der Waals surface area (Å²) in [5, 5.41) is 3.96. The molecule has 0 amide bonds. The van der Waals surface area contributed by atoms with E-state index in [9.17, 15) is 16.8 Å². The van der Waals surface area contributed by atoms with Gasteiger partial charge >= 0.3 is 10.1 Å². The summed E-state index contributed by atoms with van der Waals surface area (Å²) in [6, 6.07) is 19.9. The van der Waals surface area contributed by atoms with Crippen LogP contribution in [0.1, 0.15) is 29.5 Å². The number of hydrogen-bond acceptors (Lipinski definition) is 6. The molecule has 0 N–H and O–H groups in total. The van der Waals surface area contributed by atoms with E-state index in [0.29, 0.717) is 29.8 Å². The molecular formula is C24H24N2O5S2. The van der Waals surface area contributed by atoms with Crippen LogP contribution >= 0.6 is 0 Å². The van der Waals surface area contributed by atoms with Crippen LogP contribution in [0.4, 0.5) is 5.69 Å². The first-order valence-electron chi connectivity index (χ1n) is 10.4. The van der Waals surface area contributed by atoms with E-state index in [0.717, 1.165) is 11.1 Å². The van der Waals surface area contributed by atoms with E-state index in [1.807, 2.05) is 13.8 Å². The summed E-state index contributed by atoms with van der Waals surface area (Å²) in [5.74, 6) is 0. The molecule has 1 aliphatic rings. The van der Waals surface area contributed by atoms with E-state index in [1.165, 1.54) is 16.4 Å². The SMILES string of the molecule is Cc1ccc(S(=O)(=O)ON=C2CCCN(S(=O)(=O)c3ccc(C)cc3)c3ccccc32)cc1. The number of sulfonamides is 1. The van der Waals surface area contributed by atoms with Crippen LogP contribution in [0.3, 0.4) is 0 Å². The fraction of sp³-hybridized carbons (Fsp3) is 0.208. The summed E-state index contributed by atoms with van der Waals surface area (Å²) in [6.45, 7) is 3.98. The van der Waals surface area contributed by atoms with Gasteiger partial charge in [0.15, 0.2) is 0 Å². The number of anilines is 1. The third-order valence-electron chi connectivity index (χ3n) is 5.42. The summed E-state index contributed by atoms with van der Waals surface area (Å²) < 4.78 is 58.4. The first kappa shape index (κ1) is 23.0. The Hall–Kier alpha value is -3.17. The number of benzene rings is 3. The average molecular weight is 485 g/mol. The van der Waals surface area contributed by atoms with Gasteiger partial charge in [-0.2, -0.15) is 8.42 Å². The van der Waals surface area contributed by atoms with Crippen molar-refractivity contribution in [2.75, 3.05) is 10.8 Å². The van der Waals surface area contributed by atoms with Gasteiger partial charge in [0.05, 0.1) is 16.3 Å². The van der Waals surface area contributed by atoms with E-state index >= 15 is 0 Å². The molecule has 0 fully saturated rings. The average Bonchev–Trinajstić information content (AvgIpc) is 2.98. The van der Waals surface area contributed by atoms with Crippen molar-refractivity contribution in [3.05, 3.63) is 89.5 Å². The maximum absolute atomic E-state index is 13.4. The van der Waals surface area contributed by atoms with Crippen LogP contribution in [0.5, 0.6) is 0 Å². The monoisotopic (exact) mass is 484 g/mol. The second kappa shape index (κ2) is 8.99. The van der Waals surface area contributed by atoms with Crippen molar-refractivity contribution in [1.82, 2.24) is 0 Å². The standard InChI is InChI=1S/C24H24N2O5S2/c1-18-9-13-20(14-10-18)32(27,28)26-17-5-7-23(22-6-3-4-8-24(22)26)25-31-33(29,30)21-15-11-19(2)12-16-21/h3-4,6,8-16H,5,7,17H2,1-2H3. The number of aryl methyl sites for hydroxylation is 2. The van der Waals surface area contributed by atoms with Crippen molar-refractivity contribution in [2.45, 2.75) is 36.5 Å². The zero-order valence-corrected chi connectivity index (χ0v) is 19.9. The Balaban J connectivity index is 1.70. The normalized spacial score (nSPS) is 15.7. The Morgan fingerprint density at radius 2 is 1.36 bits per heavy atom. The Kier molecular flexibility index (Phi) is 6.27. The van der Waals surface area contributed by atoms with Gasteiger partial charge in [-0.3, -0.25) is 8.59 Å².